The van der Waals surface area contributed by atoms with Gasteiger partial charge in [0.2, 0.25) is 0 Å². The minimum absolute atomic E-state index is 0.0906. The van der Waals surface area contributed by atoms with Crippen LogP contribution in [0.1, 0.15) is 13.8 Å². The lowest BCUT2D eigenvalue weighted by Crippen LogP contribution is -2.30. The van der Waals surface area contributed by atoms with Crippen molar-refractivity contribution < 1.29 is 0 Å². The zero-order chi connectivity index (χ0) is 15.1. The highest BCUT2D eigenvalue weighted by atomic mass is 79.9. The van der Waals surface area contributed by atoms with Crippen molar-refractivity contribution in [2.24, 2.45) is 0 Å². The molecule has 1 N–H and O–H groups in total. The maximum absolute atomic E-state index is 12.2. The molecule has 0 aliphatic rings. The first-order valence-corrected chi connectivity index (χ1v) is 8.65. The van der Waals surface area contributed by atoms with E-state index < -0.39 is 0 Å². The fraction of sp³-hybridized carbons (Fsp3) is 0.692. The first-order chi connectivity index (χ1) is 9.45. The second kappa shape index (κ2) is 8.69. The molecule has 1 aromatic rings. The summed E-state index contributed by atoms with van der Waals surface area (Å²) in [6.07, 6.45) is 1.72. The highest BCUT2D eigenvalue weighted by molar-refractivity contribution is 9.10. The molecule has 1 atom stereocenters. The summed E-state index contributed by atoms with van der Waals surface area (Å²) in [5, 5.41) is 7.55. The van der Waals surface area contributed by atoms with E-state index in [1.165, 1.54) is 4.68 Å². The van der Waals surface area contributed by atoms with Crippen molar-refractivity contribution in [1.29, 1.82) is 0 Å². The van der Waals surface area contributed by atoms with Crippen LogP contribution in [0, 0.1) is 0 Å². The van der Waals surface area contributed by atoms with Gasteiger partial charge in [-0.2, -0.15) is 16.9 Å². The molecule has 0 saturated carbocycles. The molecule has 0 fully saturated rings. The number of nitrogens with one attached hydrogen (secondary N) is 1. The molecule has 1 rings (SSSR count). The van der Waals surface area contributed by atoms with Crippen LogP contribution in [0.5, 0.6) is 0 Å². The molecule has 0 aliphatic heterocycles. The van der Waals surface area contributed by atoms with Crippen LogP contribution in [-0.2, 0) is 6.54 Å². The number of halogens is 1. The number of nitrogens with zero attached hydrogens (tertiary/aromatic N) is 3. The van der Waals surface area contributed by atoms with Crippen LogP contribution in [0.15, 0.2) is 15.5 Å². The van der Waals surface area contributed by atoms with Gasteiger partial charge in [0.15, 0.2) is 0 Å². The number of hydrogen-bond acceptors (Lipinski definition) is 5. The van der Waals surface area contributed by atoms with Crippen molar-refractivity contribution in [2.75, 3.05) is 37.5 Å². The van der Waals surface area contributed by atoms with Gasteiger partial charge in [0.1, 0.15) is 4.47 Å². The lowest BCUT2D eigenvalue weighted by atomic mass is 10.3. The van der Waals surface area contributed by atoms with Crippen LogP contribution < -0.4 is 10.9 Å². The van der Waals surface area contributed by atoms with E-state index in [1.54, 1.807) is 6.20 Å². The Balaban J connectivity index is 2.75. The fourth-order valence-electron chi connectivity index (χ4n) is 1.62. The van der Waals surface area contributed by atoms with E-state index in [2.05, 4.69) is 40.2 Å². The summed E-state index contributed by atoms with van der Waals surface area (Å²) in [7, 11) is 3.95. The zero-order valence-electron chi connectivity index (χ0n) is 12.5. The third-order valence-corrected chi connectivity index (χ3v) is 4.63. The molecule has 1 unspecified atom stereocenters. The number of aromatic nitrogens is 2. The number of rotatable bonds is 8. The maximum atomic E-state index is 12.2. The minimum Gasteiger partial charge on any atom is -0.379 e. The van der Waals surface area contributed by atoms with Gasteiger partial charge in [-0.3, -0.25) is 4.79 Å². The molecule has 0 spiro atoms. The van der Waals surface area contributed by atoms with Crippen LogP contribution in [-0.4, -0.2) is 52.9 Å². The van der Waals surface area contributed by atoms with Crippen molar-refractivity contribution in [3.8, 4) is 0 Å². The Hall–Kier alpha value is -0.530. The summed E-state index contributed by atoms with van der Waals surface area (Å²) in [5.74, 6) is 2.10. The van der Waals surface area contributed by atoms with Gasteiger partial charge in [-0.1, -0.05) is 6.92 Å². The van der Waals surface area contributed by atoms with Crippen molar-refractivity contribution in [1.82, 2.24) is 14.7 Å². The summed E-state index contributed by atoms with van der Waals surface area (Å²) < 4.78 is 2.04. The van der Waals surface area contributed by atoms with E-state index in [-0.39, 0.29) is 5.56 Å². The Labute approximate surface area is 133 Å². The van der Waals surface area contributed by atoms with Crippen molar-refractivity contribution in [3.05, 3.63) is 21.0 Å². The van der Waals surface area contributed by atoms with Gasteiger partial charge in [0.05, 0.1) is 18.4 Å². The Kier molecular flexibility index (Phi) is 7.61. The second-order valence-electron chi connectivity index (χ2n) is 4.91. The number of hydrogen-bond donors (Lipinski definition) is 1. The average molecular weight is 363 g/mol. The minimum atomic E-state index is -0.0906. The van der Waals surface area contributed by atoms with E-state index in [9.17, 15) is 4.79 Å². The molecule has 7 heteroatoms. The molecule has 20 heavy (non-hydrogen) atoms. The summed E-state index contributed by atoms with van der Waals surface area (Å²) in [6, 6.07) is 0.301. The molecule has 0 bridgehead atoms. The Bertz CT molecular complexity index is 478. The van der Waals surface area contributed by atoms with Gasteiger partial charge < -0.3 is 10.2 Å². The molecule has 0 radical (unpaired) electrons. The SMILES string of the molecule is CCSCC(C)Nc1cnn(CCN(C)C)c(=O)c1Br. The molecule has 1 aromatic heterocycles. The zero-order valence-corrected chi connectivity index (χ0v) is 14.9. The first kappa shape index (κ1) is 17.5. The number of anilines is 1. The van der Waals surface area contributed by atoms with Gasteiger partial charge >= 0.3 is 0 Å². The summed E-state index contributed by atoms with van der Waals surface area (Å²) in [4.78, 5) is 14.2. The summed E-state index contributed by atoms with van der Waals surface area (Å²) in [6.45, 7) is 5.62. The number of likely N-dealkylation sites (N-methyl/N-ethyl adjacent to an activating group) is 1. The summed E-state index contributed by atoms with van der Waals surface area (Å²) in [5.41, 5.74) is 0.674. The molecule has 114 valence electrons. The largest absolute Gasteiger partial charge is 0.379 e. The summed E-state index contributed by atoms with van der Waals surface area (Å²) >= 11 is 5.25. The van der Waals surface area contributed by atoms with E-state index >= 15 is 0 Å². The molecule has 5 nitrogen and oxygen atoms in total. The second-order valence-corrected chi connectivity index (χ2v) is 7.02. The highest BCUT2D eigenvalue weighted by Crippen LogP contribution is 2.18. The molecule has 0 aliphatic carbocycles. The van der Waals surface area contributed by atoms with E-state index in [4.69, 9.17) is 0 Å². The fourth-order valence-corrected chi connectivity index (χ4v) is 2.72. The third kappa shape index (κ3) is 5.46. The maximum Gasteiger partial charge on any atom is 0.283 e. The molecule has 1 heterocycles. The topological polar surface area (TPSA) is 50.2 Å². The van der Waals surface area contributed by atoms with Crippen LogP contribution in [0.2, 0.25) is 0 Å². The van der Waals surface area contributed by atoms with E-state index in [0.717, 1.165) is 23.7 Å². The average Bonchev–Trinajstić information content (AvgIpc) is 2.40. The molecular formula is C13H23BrN4OS. The standard InChI is InChI=1S/C13H23BrN4OS/c1-5-20-9-10(2)16-11-8-15-18(7-6-17(3)4)13(19)12(11)14/h8,10,16H,5-7,9H2,1-4H3. The molecular weight excluding hydrogens is 340 g/mol. The quantitative estimate of drug-likeness (QED) is 0.767. The normalized spacial score (nSPS) is 12.7. The molecule has 0 aromatic carbocycles. The van der Waals surface area contributed by atoms with Gasteiger partial charge in [0.25, 0.3) is 5.56 Å². The predicted molar refractivity (Wildman–Crippen MR) is 90.8 cm³/mol. The van der Waals surface area contributed by atoms with E-state index in [0.29, 0.717) is 17.1 Å². The van der Waals surface area contributed by atoms with Crippen LogP contribution >= 0.6 is 27.7 Å². The monoisotopic (exact) mass is 362 g/mol. The Morgan fingerprint density at radius 3 is 2.85 bits per heavy atom. The molecule has 0 saturated heterocycles. The van der Waals surface area contributed by atoms with Crippen molar-refractivity contribution in [2.45, 2.75) is 26.4 Å². The van der Waals surface area contributed by atoms with Crippen molar-refractivity contribution >= 4 is 33.4 Å². The van der Waals surface area contributed by atoms with E-state index in [1.807, 2.05) is 30.8 Å². The van der Waals surface area contributed by atoms with Crippen LogP contribution in [0.4, 0.5) is 5.69 Å². The van der Waals surface area contributed by atoms with Crippen molar-refractivity contribution in [3.63, 3.8) is 0 Å². The van der Waals surface area contributed by atoms with Crippen LogP contribution in [0.25, 0.3) is 0 Å². The predicted octanol–water partition coefficient (Wildman–Crippen LogP) is 2.12. The first-order valence-electron chi connectivity index (χ1n) is 6.70. The Morgan fingerprint density at radius 2 is 2.25 bits per heavy atom. The highest BCUT2D eigenvalue weighted by Gasteiger charge is 2.11. The lowest BCUT2D eigenvalue weighted by Gasteiger charge is -2.16. The molecule has 0 amide bonds. The smallest absolute Gasteiger partial charge is 0.283 e. The van der Waals surface area contributed by atoms with Crippen LogP contribution in [0.3, 0.4) is 0 Å². The number of thioether (sulfide) groups is 1. The van der Waals surface area contributed by atoms with Gasteiger partial charge in [-0.05, 0) is 42.7 Å². The Morgan fingerprint density at radius 1 is 1.55 bits per heavy atom. The third-order valence-electron chi connectivity index (χ3n) is 2.72. The lowest BCUT2D eigenvalue weighted by molar-refractivity contribution is 0.367. The van der Waals surface area contributed by atoms with Gasteiger partial charge in [-0.15, -0.1) is 0 Å². The van der Waals surface area contributed by atoms with Gasteiger partial charge in [0, 0.05) is 18.3 Å². The van der Waals surface area contributed by atoms with Gasteiger partial charge in [-0.25, -0.2) is 4.68 Å².